The fourth-order valence-electron chi connectivity index (χ4n) is 2.43. The molecule has 2 heterocycles. The highest BCUT2D eigenvalue weighted by Crippen LogP contribution is 2.36. The number of aryl methyl sites for hydroxylation is 2. The molecule has 0 atom stereocenters. The molecular formula is C12H19N3O2S. The lowest BCUT2D eigenvalue weighted by Crippen LogP contribution is -2.22. The van der Waals surface area contributed by atoms with Gasteiger partial charge in [0.1, 0.15) is 0 Å². The van der Waals surface area contributed by atoms with Crippen molar-refractivity contribution in [3.63, 3.8) is 0 Å². The van der Waals surface area contributed by atoms with Crippen LogP contribution in [0.4, 0.5) is 0 Å². The van der Waals surface area contributed by atoms with Crippen molar-refractivity contribution >= 4 is 9.84 Å². The second kappa shape index (κ2) is 4.06. The first kappa shape index (κ1) is 12.2. The van der Waals surface area contributed by atoms with Crippen molar-refractivity contribution in [1.82, 2.24) is 9.78 Å². The maximum atomic E-state index is 12.0. The summed E-state index contributed by atoms with van der Waals surface area (Å²) in [6.07, 6.45) is 5.47. The fourth-order valence-corrected chi connectivity index (χ4v) is 3.99. The molecule has 0 aromatic carbocycles. The van der Waals surface area contributed by atoms with Crippen LogP contribution in [0.15, 0.2) is 11.1 Å². The fraction of sp³-hybridized carbons (Fsp3) is 0.750. The molecule has 0 amide bonds. The Morgan fingerprint density at radius 3 is 2.89 bits per heavy atom. The largest absolute Gasteiger partial charge is 0.325 e. The van der Waals surface area contributed by atoms with Crippen LogP contribution in [0.3, 0.4) is 0 Å². The summed E-state index contributed by atoms with van der Waals surface area (Å²) in [6.45, 7) is 0.711. The zero-order valence-corrected chi connectivity index (χ0v) is 11.2. The molecule has 1 aliphatic carbocycles. The van der Waals surface area contributed by atoms with Crippen molar-refractivity contribution < 1.29 is 8.42 Å². The van der Waals surface area contributed by atoms with Gasteiger partial charge in [0.15, 0.2) is 14.9 Å². The summed E-state index contributed by atoms with van der Waals surface area (Å²) in [5, 5.41) is 4.82. The Morgan fingerprint density at radius 2 is 2.17 bits per heavy atom. The van der Waals surface area contributed by atoms with Gasteiger partial charge in [-0.1, -0.05) is 0 Å². The van der Waals surface area contributed by atoms with Gasteiger partial charge in [-0.15, -0.1) is 0 Å². The highest BCUT2D eigenvalue weighted by atomic mass is 32.2. The molecule has 100 valence electrons. The molecule has 2 aliphatic rings. The molecule has 0 unspecified atom stereocenters. The number of hydrogen-bond acceptors (Lipinski definition) is 4. The Bertz CT molecular complexity index is 558. The molecule has 6 heteroatoms. The molecule has 1 fully saturated rings. The molecule has 5 nitrogen and oxygen atoms in total. The number of rotatable bonds is 3. The second-order valence-corrected chi connectivity index (χ2v) is 7.64. The van der Waals surface area contributed by atoms with Crippen LogP contribution in [-0.2, 0) is 22.8 Å². The number of hydrogen-bond donors (Lipinski definition) is 1. The van der Waals surface area contributed by atoms with Gasteiger partial charge in [0.2, 0.25) is 0 Å². The Hall–Kier alpha value is -0.880. The van der Waals surface area contributed by atoms with Gasteiger partial charge in [0.05, 0.1) is 11.4 Å². The second-order valence-electron chi connectivity index (χ2n) is 5.59. The molecule has 0 spiro atoms. The van der Waals surface area contributed by atoms with Crippen molar-refractivity contribution in [2.24, 2.45) is 5.73 Å². The molecule has 2 N–H and O–H groups in total. The van der Waals surface area contributed by atoms with Gasteiger partial charge < -0.3 is 5.73 Å². The third-order valence-corrected chi connectivity index (χ3v) is 5.71. The highest BCUT2D eigenvalue weighted by molar-refractivity contribution is 7.91. The van der Waals surface area contributed by atoms with Gasteiger partial charge in [-0.3, -0.25) is 4.68 Å². The minimum absolute atomic E-state index is 0.000113. The van der Waals surface area contributed by atoms with E-state index in [9.17, 15) is 8.42 Å². The van der Waals surface area contributed by atoms with Crippen molar-refractivity contribution in [1.29, 1.82) is 0 Å². The molecule has 1 saturated carbocycles. The van der Waals surface area contributed by atoms with E-state index in [1.807, 2.05) is 0 Å². The summed E-state index contributed by atoms with van der Waals surface area (Å²) in [6, 6.07) is 1.74. The van der Waals surface area contributed by atoms with Gasteiger partial charge in [-0.2, -0.15) is 5.10 Å². The van der Waals surface area contributed by atoms with E-state index in [4.69, 9.17) is 5.73 Å². The Morgan fingerprint density at radius 1 is 1.39 bits per heavy atom. The quantitative estimate of drug-likeness (QED) is 0.883. The van der Waals surface area contributed by atoms with E-state index in [1.165, 1.54) is 0 Å². The van der Waals surface area contributed by atoms with Crippen LogP contribution >= 0.6 is 0 Å². The number of aromatic nitrogens is 2. The Kier molecular flexibility index (Phi) is 2.75. The number of fused-ring (bicyclic) bond motifs is 1. The topological polar surface area (TPSA) is 78.0 Å². The normalized spacial score (nSPS) is 24.3. The van der Waals surface area contributed by atoms with Gasteiger partial charge in [0.25, 0.3) is 0 Å². The smallest absolute Gasteiger partial charge is 0.195 e. The molecule has 0 bridgehead atoms. The van der Waals surface area contributed by atoms with Gasteiger partial charge in [-0.25, -0.2) is 8.42 Å². The van der Waals surface area contributed by atoms with Crippen molar-refractivity contribution in [2.75, 3.05) is 5.75 Å². The van der Waals surface area contributed by atoms with Crippen molar-refractivity contribution in [3.8, 4) is 0 Å². The molecule has 1 aliphatic heterocycles. The zero-order valence-electron chi connectivity index (χ0n) is 10.4. The number of sulfone groups is 1. The molecule has 1 aromatic heterocycles. The minimum atomic E-state index is -3.13. The zero-order chi connectivity index (χ0) is 12.8. The number of nitrogens with zero attached hydrogens (tertiary/aromatic N) is 2. The maximum Gasteiger partial charge on any atom is 0.195 e. The molecule has 0 radical (unpaired) electrons. The van der Waals surface area contributed by atoms with Gasteiger partial charge in [0, 0.05) is 12.1 Å². The monoisotopic (exact) mass is 269 g/mol. The predicted molar refractivity (Wildman–Crippen MR) is 68.0 cm³/mol. The van der Waals surface area contributed by atoms with Crippen LogP contribution in [0.2, 0.25) is 0 Å². The van der Waals surface area contributed by atoms with E-state index < -0.39 is 9.84 Å². The van der Waals surface area contributed by atoms with Crippen LogP contribution in [0.25, 0.3) is 0 Å². The lowest BCUT2D eigenvalue weighted by Gasteiger charge is -2.05. The molecule has 0 saturated heterocycles. The van der Waals surface area contributed by atoms with Crippen LogP contribution in [-0.4, -0.2) is 29.5 Å². The highest BCUT2D eigenvalue weighted by Gasteiger charge is 2.37. The molecule has 3 rings (SSSR count). The minimum Gasteiger partial charge on any atom is -0.325 e. The third kappa shape index (κ3) is 2.31. The van der Waals surface area contributed by atoms with Crippen LogP contribution in [0, 0.1) is 0 Å². The van der Waals surface area contributed by atoms with Crippen molar-refractivity contribution in [2.45, 2.75) is 55.6 Å². The molecule has 1 aromatic rings. The molecule has 18 heavy (non-hydrogen) atoms. The lowest BCUT2D eigenvalue weighted by molar-refractivity contribution is 0.527. The van der Waals surface area contributed by atoms with Crippen molar-refractivity contribution in [3.05, 3.63) is 11.8 Å². The number of nitrogens with two attached hydrogens (primary N) is 1. The summed E-state index contributed by atoms with van der Waals surface area (Å²) in [5.41, 5.74) is 6.91. The predicted octanol–water partition coefficient (Wildman–Crippen LogP) is 0.874. The first-order valence-corrected chi connectivity index (χ1v) is 8.22. The lowest BCUT2D eigenvalue weighted by atomic mass is 10.1. The Balaban J connectivity index is 1.82. The average molecular weight is 269 g/mol. The summed E-state index contributed by atoms with van der Waals surface area (Å²) in [5.74, 6) is 0.249. The summed E-state index contributed by atoms with van der Waals surface area (Å²) in [4.78, 5) is 0. The first-order valence-electron chi connectivity index (χ1n) is 6.57. The summed E-state index contributed by atoms with van der Waals surface area (Å²) < 4.78 is 25.7. The van der Waals surface area contributed by atoms with E-state index in [0.29, 0.717) is 11.6 Å². The van der Waals surface area contributed by atoms with Crippen LogP contribution in [0.1, 0.15) is 37.8 Å². The van der Waals surface area contributed by atoms with E-state index in [2.05, 4.69) is 5.10 Å². The standard InChI is InChI=1S/C12H19N3O2S/c13-12(5-6-12)4-3-10-9-11-15(14-10)7-1-2-8-18(11,16)17/h9H,1-8,13H2. The van der Waals surface area contributed by atoms with E-state index >= 15 is 0 Å². The van der Waals surface area contributed by atoms with E-state index in [1.54, 1.807) is 10.7 Å². The first-order chi connectivity index (χ1) is 8.49. The van der Waals surface area contributed by atoms with Crippen LogP contribution < -0.4 is 5.73 Å². The maximum absolute atomic E-state index is 12.0. The summed E-state index contributed by atoms with van der Waals surface area (Å²) >= 11 is 0. The Labute approximate surface area is 107 Å². The van der Waals surface area contributed by atoms with Crippen LogP contribution in [0.5, 0.6) is 0 Å². The summed E-state index contributed by atoms with van der Waals surface area (Å²) in [7, 11) is -3.13. The third-order valence-electron chi connectivity index (χ3n) is 3.92. The SMILES string of the molecule is NC1(CCc2cc3n(n2)CCCCS3(=O)=O)CC1. The average Bonchev–Trinajstić information content (AvgIpc) is 2.92. The van der Waals surface area contributed by atoms with Gasteiger partial charge in [-0.05, 0) is 44.6 Å². The van der Waals surface area contributed by atoms with E-state index in [-0.39, 0.29) is 11.3 Å². The molecular weight excluding hydrogens is 250 g/mol. The van der Waals surface area contributed by atoms with E-state index in [0.717, 1.165) is 44.2 Å². The van der Waals surface area contributed by atoms with Gasteiger partial charge >= 0.3 is 0 Å².